The number of rotatable bonds is 7. The second-order valence-corrected chi connectivity index (χ2v) is 11.0. The first kappa shape index (κ1) is 22.8. The van der Waals surface area contributed by atoms with Crippen molar-refractivity contribution in [2.24, 2.45) is 5.10 Å². The van der Waals surface area contributed by atoms with Gasteiger partial charge in [0.1, 0.15) is 0 Å². The van der Waals surface area contributed by atoms with Gasteiger partial charge in [-0.3, -0.25) is 4.90 Å². The predicted octanol–water partition coefficient (Wildman–Crippen LogP) is 5.44. The topological polar surface area (TPSA) is 61.5 Å². The highest BCUT2D eigenvalue weighted by atomic mass is 32.2. The van der Waals surface area contributed by atoms with E-state index < -0.39 is 10.0 Å². The standard InChI is InChI=1S/C28H31N3O2S/c1-21-17-19-25(20-18-21)34(32,33)30-29-26(22-11-5-2-6-12-22)28-27(23-13-7-3-8-14-23)31(28)24-15-9-4-10-16-24/h2-3,5-8,11-14,17-20,24,27-28,30H,4,9-10,15-16H2,1H3/b29-26-/t27-,28+,31?/m0/s1. The van der Waals surface area contributed by atoms with Crippen LogP contribution in [0.2, 0.25) is 0 Å². The molecule has 3 aromatic carbocycles. The molecule has 2 aliphatic rings. The Morgan fingerprint density at radius 3 is 2.12 bits per heavy atom. The summed E-state index contributed by atoms with van der Waals surface area (Å²) >= 11 is 0. The zero-order chi connectivity index (χ0) is 23.5. The normalized spacial score (nSPS) is 23.4. The Labute approximate surface area is 202 Å². The monoisotopic (exact) mass is 473 g/mol. The molecule has 1 heterocycles. The maximum Gasteiger partial charge on any atom is 0.276 e. The first-order valence-electron chi connectivity index (χ1n) is 12.1. The van der Waals surface area contributed by atoms with E-state index in [4.69, 9.17) is 0 Å². The van der Waals surface area contributed by atoms with Crippen molar-refractivity contribution in [2.45, 2.75) is 62.0 Å². The van der Waals surface area contributed by atoms with Crippen molar-refractivity contribution in [1.82, 2.24) is 9.73 Å². The highest BCUT2D eigenvalue weighted by molar-refractivity contribution is 7.89. The molecule has 34 heavy (non-hydrogen) atoms. The van der Waals surface area contributed by atoms with Crippen molar-refractivity contribution in [1.29, 1.82) is 0 Å². The summed E-state index contributed by atoms with van der Waals surface area (Å²) < 4.78 is 26.1. The highest BCUT2D eigenvalue weighted by Gasteiger charge is 2.55. The van der Waals surface area contributed by atoms with Gasteiger partial charge in [0.2, 0.25) is 0 Å². The Morgan fingerprint density at radius 2 is 1.47 bits per heavy atom. The number of nitrogens with zero attached hydrogens (tertiary/aromatic N) is 2. The fourth-order valence-electron chi connectivity index (χ4n) is 5.17. The van der Waals surface area contributed by atoms with E-state index in [0.29, 0.717) is 6.04 Å². The van der Waals surface area contributed by atoms with Crippen molar-refractivity contribution in [3.63, 3.8) is 0 Å². The third-order valence-corrected chi connectivity index (χ3v) is 8.18. The van der Waals surface area contributed by atoms with Crippen molar-refractivity contribution in [3.05, 3.63) is 102 Å². The van der Waals surface area contributed by atoms with Crippen LogP contribution in [-0.2, 0) is 10.0 Å². The lowest BCUT2D eigenvalue weighted by atomic mass is 9.95. The van der Waals surface area contributed by atoms with Crippen LogP contribution in [0.4, 0.5) is 0 Å². The molecule has 6 heteroatoms. The minimum Gasteiger partial charge on any atom is -0.281 e. The molecular formula is C28H31N3O2S. The van der Waals surface area contributed by atoms with E-state index >= 15 is 0 Å². The summed E-state index contributed by atoms with van der Waals surface area (Å²) in [6.07, 6.45) is 6.13. The fourth-order valence-corrected chi connectivity index (χ4v) is 5.98. The van der Waals surface area contributed by atoms with Gasteiger partial charge in [0.15, 0.2) is 0 Å². The molecular weight excluding hydrogens is 442 g/mol. The Balaban J connectivity index is 1.51. The van der Waals surface area contributed by atoms with E-state index in [1.807, 2.05) is 43.3 Å². The Bertz CT molecular complexity index is 1240. The van der Waals surface area contributed by atoms with Gasteiger partial charge in [-0.25, -0.2) is 0 Å². The van der Waals surface area contributed by atoms with Crippen molar-refractivity contribution in [2.75, 3.05) is 0 Å². The molecule has 0 spiro atoms. The molecule has 176 valence electrons. The minimum atomic E-state index is -3.77. The lowest BCUT2D eigenvalue weighted by molar-refractivity contribution is 0.277. The van der Waals surface area contributed by atoms with Gasteiger partial charge in [0.05, 0.1) is 22.7 Å². The summed E-state index contributed by atoms with van der Waals surface area (Å²) in [5, 5.41) is 4.58. The van der Waals surface area contributed by atoms with Gasteiger partial charge in [-0.05, 0) is 43.0 Å². The molecule has 1 unspecified atom stereocenters. The van der Waals surface area contributed by atoms with Crippen molar-refractivity contribution in [3.8, 4) is 0 Å². The highest BCUT2D eigenvalue weighted by Crippen LogP contribution is 2.49. The average molecular weight is 474 g/mol. The van der Waals surface area contributed by atoms with Crippen molar-refractivity contribution < 1.29 is 8.42 Å². The number of hydrogen-bond acceptors (Lipinski definition) is 4. The lowest BCUT2D eigenvalue weighted by Gasteiger charge is -2.24. The van der Waals surface area contributed by atoms with Gasteiger partial charge < -0.3 is 0 Å². The van der Waals surface area contributed by atoms with Crippen LogP contribution in [0.25, 0.3) is 0 Å². The quantitative estimate of drug-likeness (QED) is 0.283. The SMILES string of the molecule is Cc1ccc(S(=O)(=O)N/N=C(/c2ccccc2)[C@@H]2[C@H](c3ccccc3)N2C2CCCCC2)cc1. The first-order valence-corrected chi connectivity index (χ1v) is 13.6. The zero-order valence-corrected chi connectivity index (χ0v) is 20.3. The molecule has 3 atom stereocenters. The Morgan fingerprint density at radius 1 is 0.853 bits per heavy atom. The molecule has 2 fully saturated rings. The van der Waals surface area contributed by atoms with Gasteiger partial charge in [-0.2, -0.15) is 18.4 Å². The summed E-state index contributed by atoms with van der Waals surface area (Å²) in [5.41, 5.74) is 3.98. The first-order chi connectivity index (χ1) is 16.5. The number of sulfonamides is 1. The Hall–Kier alpha value is -2.96. The molecule has 5 rings (SSSR count). The van der Waals surface area contributed by atoms with E-state index in [2.05, 4.69) is 39.1 Å². The van der Waals surface area contributed by atoms with Crippen LogP contribution in [0.5, 0.6) is 0 Å². The van der Waals surface area contributed by atoms with Gasteiger partial charge in [0, 0.05) is 6.04 Å². The molecule has 1 N–H and O–H groups in total. The minimum absolute atomic E-state index is 0.0358. The fraction of sp³-hybridized carbons (Fsp3) is 0.321. The number of hydrogen-bond donors (Lipinski definition) is 1. The van der Waals surface area contributed by atoms with Crippen molar-refractivity contribution >= 4 is 15.7 Å². The molecule has 0 amide bonds. The summed E-state index contributed by atoms with van der Waals surface area (Å²) in [6.45, 7) is 1.94. The molecule has 1 aliphatic carbocycles. The van der Waals surface area contributed by atoms with E-state index in [9.17, 15) is 8.42 Å². The van der Waals surface area contributed by atoms with E-state index in [1.165, 1.54) is 37.7 Å². The molecule has 0 radical (unpaired) electrons. The largest absolute Gasteiger partial charge is 0.281 e. The third-order valence-electron chi connectivity index (χ3n) is 6.96. The van der Waals surface area contributed by atoms with Crippen LogP contribution in [0.1, 0.15) is 54.8 Å². The average Bonchev–Trinajstić information content (AvgIpc) is 3.61. The maximum atomic E-state index is 13.0. The predicted molar refractivity (Wildman–Crippen MR) is 136 cm³/mol. The third kappa shape index (κ3) is 4.79. The lowest BCUT2D eigenvalue weighted by Crippen LogP contribution is -2.28. The second kappa shape index (κ2) is 9.72. The number of aryl methyl sites for hydroxylation is 1. The summed E-state index contributed by atoms with van der Waals surface area (Å²) in [6, 6.07) is 28.0. The van der Waals surface area contributed by atoms with Gasteiger partial charge in [-0.15, -0.1) is 0 Å². The van der Waals surface area contributed by atoms with E-state index in [-0.39, 0.29) is 17.0 Å². The van der Waals surface area contributed by atoms with Crippen LogP contribution in [0, 0.1) is 6.92 Å². The molecule has 3 aromatic rings. The van der Waals surface area contributed by atoms with E-state index in [1.54, 1.807) is 24.3 Å². The number of hydrazone groups is 1. The molecule has 0 aromatic heterocycles. The molecule has 1 aliphatic heterocycles. The molecule has 1 saturated heterocycles. The number of nitrogens with one attached hydrogen (secondary N) is 1. The van der Waals surface area contributed by atoms with Crippen LogP contribution in [0.15, 0.2) is 94.9 Å². The summed E-state index contributed by atoms with van der Waals surface area (Å²) in [4.78, 5) is 5.30. The Kier molecular flexibility index (Phi) is 6.53. The summed E-state index contributed by atoms with van der Waals surface area (Å²) in [7, 11) is -3.77. The van der Waals surface area contributed by atoms with Crippen LogP contribution < -0.4 is 4.83 Å². The molecule has 5 nitrogen and oxygen atoms in total. The van der Waals surface area contributed by atoms with Crippen LogP contribution in [0.3, 0.4) is 0 Å². The van der Waals surface area contributed by atoms with Gasteiger partial charge >= 0.3 is 0 Å². The van der Waals surface area contributed by atoms with Gasteiger partial charge in [-0.1, -0.05) is 97.6 Å². The smallest absolute Gasteiger partial charge is 0.276 e. The van der Waals surface area contributed by atoms with Crippen LogP contribution >= 0.6 is 0 Å². The molecule has 1 saturated carbocycles. The molecule has 0 bridgehead atoms. The van der Waals surface area contributed by atoms with Gasteiger partial charge in [0.25, 0.3) is 10.0 Å². The second-order valence-electron chi connectivity index (χ2n) is 9.31. The van der Waals surface area contributed by atoms with Crippen LogP contribution in [-0.4, -0.2) is 31.1 Å². The maximum absolute atomic E-state index is 13.0. The van der Waals surface area contributed by atoms with E-state index in [0.717, 1.165) is 16.8 Å². The number of benzene rings is 3. The summed E-state index contributed by atoms with van der Waals surface area (Å²) in [5.74, 6) is 0. The zero-order valence-electron chi connectivity index (χ0n) is 19.5.